The molecule has 1 aromatic rings. The molecule has 0 N–H and O–H groups in total. The van der Waals surface area contributed by atoms with Crippen molar-refractivity contribution >= 4 is 28.8 Å². The third-order valence-corrected chi connectivity index (χ3v) is 10.7. The molecule has 3 nitrogen and oxygen atoms in total. The summed E-state index contributed by atoms with van der Waals surface area (Å²) in [4.78, 5) is 11.6. The molecule has 6 aliphatic rings. The second-order valence-corrected chi connectivity index (χ2v) is 12.7. The molecule has 7 rings (SSSR count). The van der Waals surface area contributed by atoms with E-state index in [0.29, 0.717) is 16.1 Å². The number of allylic oxidation sites excluding steroid dienone is 2. The van der Waals surface area contributed by atoms with E-state index in [1.807, 2.05) is 11.8 Å². The summed E-state index contributed by atoms with van der Waals surface area (Å²) in [7, 11) is 0. The van der Waals surface area contributed by atoms with Gasteiger partial charge in [0, 0.05) is 42.5 Å². The van der Waals surface area contributed by atoms with E-state index in [-0.39, 0.29) is 0 Å². The van der Waals surface area contributed by atoms with E-state index in [2.05, 4.69) is 73.9 Å². The first-order chi connectivity index (χ1) is 14.3. The van der Waals surface area contributed by atoms with Crippen molar-refractivity contribution in [1.82, 2.24) is 4.90 Å². The highest BCUT2D eigenvalue weighted by Gasteiger charge is 2.62. The third kappa shape index (κ3) is 2.37. The number of likely N-dealkylation sites (tertiary alicyclic amines) is 1. The first-order valence-corrected chi connectivity index (χ1v) is 12.5. The molecule has 0 aromatic heterocycles. The van der Waals surface area contributed by atoms with E-state index in [1.54, 1.807) is 0 Å². The Bertz CT molecular complexity index is 1020. The van der Waals surface area contributed by atoms with Crippen LogP contribution in [0.1, 0.15) is 27.7 Å². The molecule has 30 heavy (non-hydrogen) atoms. The highest BCUT2D eigenvalue weighted by molar-refractivity contribution is 8.01. The van der Waals surface area contributed by atoms with Gasteiger partial charge in [0.2, 0.25) is 0 Å². The number of aliphatic imine (C=N–C) groups is 1. The van der Waals surface area contributed by atoms with E-state index in [0.717, 1.165) is 29.4 Å². The number of hydrogen-bond donors (Lipinski definition) is 0. The second-order valence-electron chi connectivity index (χ2n) is 11.5. The normalized spacial score (nSPS) is 38.3. The minimum Gasteiger partial charge on any atom is -0.371 e. The van der Waals surface area contributed by atoms with E-state index >= 15 is 0 Å². The number of benzene rings is 1. The summed E-state index contributed by atoms with van der Waals surface area (Å²) in [5, 5.41) is 0.351. The average Bonchev–Trinajstić information content (AvgIpc) is 3.25. The summed E-state index contributed by atoms with van der Waals surface area (Å²) in [5.74, 6) is 3.55. The lowest BCUT2D eigenvalue weighted by molar-refractivity contribution is 0.319. The van der Waals surface area contributed by atoms with Crippen LogP contribution in [0, 0.1) is 34.5 Å². The summed E-state index contributed by atoms with van der Waals surface area (Å²) < 4.78 is 0. The Morgan fingerprint density at radius 3 is 2.17 bits per heavy atom. The van der Waals surface area contributed by atoms with Gasteiger partial charge in [-0.2, -0.15) is 0 Å². The topological polar surface area (TPSA) is 18.8 Å². The fourth-order valence-corrected chi connectivity index (χ4v) is 7.97. The van der Waals surface area contributed by atoms with Gasteiger partial charge in [-0.15, -0.1) is 11.8 Å². The van der Waals surface area contributed by atoms with E-state index in [4.69, 9.17) is 4.99 Å². The maximum atomic E-state index is 5.02. The van der Waals surface area contributed by atoms with Gasteiger partial charge in [-0.25, -0.2) is 0 Å². The standard InChI is InChI=1S/C26H31N3S/c1-25(2)17-11-28(12-18(17)25)15-5-7-21-23(9-15)30-24-10-16(6-8-22(24)27-21)29-13-19-20(14-29)26(19,3)4/h5-10,17-20,23H,11-14H2,1-4H3. The van der Waals surface area contributed by atoms with Crippen LogP contribution in [0.25, 0.3) is 0 Å². The number of fused-ring (bicyclic) bond motifs is 4. The molecular weight excluding hydrogens is 386 g/mol. The van der Waals surface area contributed by atoms with Crippen molar-refractivity contribution in [3.8, 4) is 0 Å². The molecular formula is C26H31N3S. The van der Waals surface area contributed by atoms with Crippen molar-refractivity contribution in [3.63, 3.8) is 0 Å². The van der Waals surface area contributed by atoms with Crippen LogP contribution in [0.2, 0.25) is 0 Å². The molecule has 3 aliphatic carbocycles. The van der Waals surface area contributed by atoms with Crippen LogP contribution in [-0.4, -0.2) is 42.0 Å². The molecule has 4 fully saturated rings. The van der Waals surface area contributed by atoms with Gasteiger partial charge in [-0.3, -0.25) is 4.99 Å². The zero-order chi connectivity index (χ0) is 20.4. The van der Waals surface area contributed by atoms with Crippen LogP contribution in [-0.2, 0) is 0 Å². The Kier molecular flexibility index (Phi) is 3.33. The van der Waals surface area contributed by atoms with Crippen molar-refractivity contribution in [2.75, 3.05) is 31.1 Å². The number of thioether (sulfide) groups is 1. The van der Waals surface area contributed by atoms with Gasteiger partial charge >= 0.3 is 0 Å². The first-order valence-electron chi connectivity index (χ1n) is 11.6. The fourth-order valence-electron chi connectivity index (χ4n) is 6.82. The lowest BCUT2D eigenvalue weighted by Crippen LogP contribution is -2.29. The van der Waals surface area contributed by atoms with E-state index in [1.165, 1.54) is 48.2 Å². The van der Waals surface area contributed by atoms with Gasteiger partial charge in [0.25, 0.3) is 0 Å². The van der Waals surface area contributed by atoms with Crippen molar-refractivity contribution in [2.24, 2.45) is 39.5 Å². The molecule has 4 heteroatoms. The van der Waals surface area contributed by atoms with Gasteiger partial charge < -0.3 is 9.80 Å². The molecule has 0 amide bonds. The molecule has 1 aromatic carbocycles. The summed E-state index contributed by atoms with van der Waals surface area (Å²) in [6, 6.07) is 6.92. The Hall–Kier alpha value is -1.68. The Balaban J connectivity index is 1.11. The molecule has 5 unspecified atom stereocenters. The minimum absolute atomic E-state index is 0.351. The highest BCUT2D eigenvalue weighted by atomic mass is 32.2. The van der Waals surface area contributed by atoms with Crippen LogP contribution in [0.4, 0.5) is 11.4 Å². The monoisotopic (exact) mass is 417 g/mol. The van der Waals surface area contributed by atoms with Gasteiger partial charge in [0.05, 0.1) is 16.6 Å². The van der Waals surface area contributed by atoms with Crippen molar-refractivity contribution in [2.45, 2.75) is 37.8 Å². The molecule has 0 radical (unpaired) electrons. The van der Waals surface area contributed by atoms with E-state index in [9.17, 15) is 0 Å². The summed E-state index contributed by atoms with van der Waals surface area (Å²) in [5.41, 5.74) is 6.29. The van der Waals surface area contributed by atoms with Crippen LogP contribution >= 0.6 is 11.8 Å². The smallest absolute Gasteiger partial charge is 0.0771 e. The zero-order valence-electron chi connectivity index (χ0n) is 18.4. The molecule has 2 saturated heterocycles. The molecule has 3 aliphatic heterocycles. The SMILES string of the molecule is CC1(C)C2CN(C3=CC4Sc5cc(N6CC7C(C6)C7(C)C)ccc5N=C4C=C3)CC21. The summed E-state index contributed by atoms with van der Waals surface area (Å²) in [6.45, 7) is 14.6. The number of piperidine rings is 2. The van der Waals surface area contributed by atoms with Gasteiger partial charge in [0.1, 0.15) is 0 Å². The maximum Gasteiger partial charge on any atom is 0.0771 e. The Labute approximate surface area is 184 Å². The van der Waals surface area contributed by atoms with Gasteiger partial charge in [-0.05, 0) is 70.9 Å². The second kappa shape index (κ2) is 5.56. The quantitative estimate of drug-likeness (QED) is 0.645. The van der Waals surface area contributed by atoms with E-state index < -0.39 is 0 Å². The predicted octanol–water partition coefficient (Wildman–Crippen LogP) is 5.37. The molecule has 156 valence electrons. The largest absolute Gasteiger partial charge is 0.371 e. The number of anilines is 1. The number of nitrogens with zero attached hydrogens (tertiary/aromatic N) is 3. The first kappa shape index (κ1) is 17.9. The summed E-state index contributed by atoms with van der Waals surface area (Å²) in [6.07, 6.45) is 7.02. The van der Waals surface area contributed by atoms with Crippen molar-refractivity contribution in [3.05, 3.63) is 42.1 Å². The van der Waals surface area contributed by atoms with Crippen LogP contribution in [0.15, 0.2) is 52.0 Å². The Morgan fingerprint density at radius 1 is 0.867 bits per heavy atom. The summed E-state index contributed by atoms with van der Waals surface area (Å²) >= 11 is 1.99. The highest BCUT2D eigenvalue weighted by Crippen LogP contribution is 2.63. The number of hydrogen-bond acceptors (Lipinski definition) is 4. The lowest BCUT2D eigenvalue weighted by atomic mass is 10.0. The Morgan fingerprint density at radius 2 is 1.50 bits per heavy atom. The molecule has 3 heterocycles. The average molecular weight is 418 g/mol. The maximum absolute atomic E-state index is 5.02. The minimum atomic E-state index is 0.351. The zero-order valence-corrected chi connectivity index (χ0v) is 19.2. The lowest BCUT2D eigenvalue weighted by Gasteiger charge is -2.31. The molecule has 2 saturated carbocycles. The van der Waals surface area contributed by atoms with Crippen molar-refractivity contribution in [1.29, 1.82) is 0 Å². The molecule has 0 spiro atoms. The molecule has 0 bridgehead atoms. The van der Waals surface area contributed by atoms with Crippen LogP contribution in [0.3, 0.4) is 0 Å². The predicted molar refractivity (Wildman–Crippen MR) is 126 cm³/mol. The van der Waals surface area contributed by atoms with Crippen LogP contribution < -0.4 is 4.90 Å². The molecule has 5 atom stereocenters. The fraction of sp³-hybridized carbons (Fsp3) is 0.577. The van der Waals surface area contributed by atoms with Gasteiger partial charge in [0.15, 0.2) is 0 Å². The third-order valence-electron chi connectivity index (χ3n) is 9.46. The van der Waals surface area contributed by atoms with Crippen LogP contribution in [0.5, 0.6) is 0 Å². The van der Waals surface area contributed by atoms with Gasteiger partial charge in [-0.1, -0.05) is 27.7 Å². The van der Waals surface area contributed by atoms with Crippen molar-refractivity contribution < 1.29 is 0 Å². The number of rotatable bonds is 2.